The highest BCUT2D eigenvalue weighted by Gasteiger charge is 2.17. The topological polar surface area (TPSA) is 24.1 Å². The van der Waals surface area contributed by atoms with E-state index in [2.05, 4.69) is 120 Å². The molecular formula is C28H26N2S. The molecule has 0 atom stereocenters. The molecule has 4 rings (SSSR count). The van der Waals surface area contributed by atoms with Crippen LogP contribution >= 0.6 is 12.2 Å². The first-order valence-electron chi connectivity index (χ1n) is 10.6. The van der Waals surface area contributed by atoms with E-state index in [-0.39, 0.29) is 12.0 Å². The van der Waals surface area contributed by atoms with E-state index in [1.807, 2.05) is 12.1 Å². The van der Waals surface area contributed by atoms with Crippen LogP contribution in [0.25, 0.3) is 0 Å². The van der Waals surface area contributed by atoms with Crippen LogP contribution in [0.1, 0.15) is 34.2 Å². The van der Waals surface area contributed by atoms with Crippen LogP contribution in [0.4, 0.5) is 0 Å². The molecule has 0 bridgehead atoms. The zero-order valence-electron chi connectivity index (χ0n) is 17.3. The molecule has 2 N–H and O–H groups in total. The van der Waals surface area contributed by atoms with Gasteiger partial charge in [0.05, 0.1) is 6.04 Å². The first-order valence-corrected chi connectivity index (χ1v) is 11.0. The third kappa shape index (κ3) is 5.59. The van der Waals surface area contributed by atoms with Gasteiger partial charge in [-0.3, -0.25) is 0 Å². The smallest absolute Gasteiger partial charge is 0.167 e. The Hall–Kier alpha value is -3.43. The molecule has 0 aliphatic heterocycles. The van der Waals surface area contributed by atoms with Crippen molar-refractivity contribution in [3.05, 3.63) is 144 Å². The molecule has 0 unspecified atom stereocenters. The quantitative estimate of drug-likeness (QED) is 0.353. The van der Waals surface area contributed by atoms with Crippen molar-refractivity contribution in [1.29, 1.82) is 0 Å². The van der Waals surface area contributed by atoms with E-state index < -0.39 is 0 Å². The summed E-state index contributed by atoms with van der Waals surface area (Å²) in [5, 5.41) is 7.65. The van der Waals surface area contributed by atoms with Crippen molar-refractivity contribution in [2.45, 2.75) is 12.0 Å². The molecule has 0 saturated carbocycles. The van der Waals surface area contributed by atoms with E-state index >= 15 is 0 Å². The Morgan fingerprint density at radius 1 is 0.548 bits per heavy atom. The Morgan fingerprint density at radius 3 is 1.29 bits per heavy atom. The molecule has 0 spiro atoms. The molecule has 0 radical (unpaired) electrons. The van der Waals surface area contributed by atoms with Gasteiger partial charge in [0, 0.05) is 12.5 Å². The van der Waals surface area contributed by atoms with Crippen LogP contribution in [-0.4, -0.2) is 11.7 Å². The van der Waals surface area contributed by atoms with Crippen LogP contribution in [-0.2, 0) is 0 Å². The molecule has 4 aromatic rings. The molecule has 0 aliphatic rings. The SMILES string of the molecule is S=C(NCC(c1ccccc1)c1ccccc1)NC(c1ccccc1)c1ccccc1. The highest BCUT2D eigenvalue weighted by molar-refractivity contribution is 7.80. The number of rotatable bonds is 7. The normalized spacial score (nSPS) is 10.8. The average molecular weight is 423 g/mol. The van der Waals surface area contributed by atoms with Gasteiger partial charge in [-0.15, -0.1) is 0 Å². The molecule has 2 nitrogen and oxygen atoms in total. The van der Waals surface area contributed by atoms with Crippen LogP contribution in [0, 0.1) is 0 Å². The van der Waals surface area contributed by atoms with Gasteiger partial charge in [0.1, 0.15) is 0 Å². The Kier molecular flexibility index (Phi) is 7.09. The fraction of sp³-hybridized carbons (Fsp3) is 0.107. The Labute approximate surface area is 190 Å². The maximum absolute atomic E-state index is 5.73. The molecule has 0 amide bonds. The van der Waals surface area contributed by atoms with Gasteiger partial charge < -0.3 is 10.6 Å². The predicted octanol–water partition coefficient (Wildman–Crippen LogP) is 6.07. The third-order valence-electron chi connectivity index (χ3n) is 5.41. The lowest BCUT2D eigenvalue weighted by Gasteiger charge is -2.24. The van der Waals surface area contributed by atoms with Gasteiger partial charge in [-0.2, -0.15) is 0 Å². The van der Waals surface area contributed by atoms with Crippen LogP contribution in [0.2, 0.25) is 0 Å². The molecular weight excluding hydrogens is 396 g/mol. The maximum Gasteiger partial charge on any atom is 0.167 e. The summed E-state index contributed by atoms with van der Waals surface area (Å²) in [5.41, 5.74) is 4.90. The van der Waals surface area contributed by atoms with Crippen molar-refractivity contribution in [1.82, 2.24) is 10.6 Å². The van der Waals surface area contributed by atoms with Gasteiger partial charge in [0.25, 0.3) is 0 Å². The minimum atomic E-state index is -0.00528. The molecule has 4 aromatic carbocycles. The van der Waals surface area contributed by atoms with E-state index in [9.17, 15) is 0 Å². The molecule has 3 heteroatoms. The first kappa shape index (κ1) is 20.8. The fourth-order valence-corrected chi connectivity index (χ4v) is 4.03. The van der Waals surface area contributed by atoms with E-state index in [0.717, 1.165) is 6.54 Å². The molecule has 0 heterocycles. The summed E-state index contributed by atoms with van der Waals surface area (Å²) in [6.07, 6.45) is 0. The molecule has 0 saturated heterocycles. The summed E-state index contributed by atoms with van der Waals surface area (Å²) in [6.45, 7) is 0.718. The number of benzene rings is 4. The van der Waals surface area contributed by atoms with Gasteiger partial charge in [-0.1, -0.05) is 121 Å². The van der Waals surface area contributed by atoms with Crippen molar-refractivity contribution in [2.75, 3.05) is 6.54 Å². The maximum atomic E-state index is 5.73. The van der Waals surface area contributed by atoms with Crippen LogP contribution in [0.15, 0.2) is 121 Å². The van der Waals surface area contributed by atoms with Crippen molar-refractivity contribution in [2.24, 2.45) is 0 Å². The summed E-state index contributed by atoms with van der Waals surface area (Å²) in [5.74, 6) is 0.217. The minimum Gasteiger partial charge on any atom is -0.362 e. The molecule has 0 aromatic heterocycles. The molecule has 0 aliphatic carbocycles. The number of hydrogen-bond acceptors (Lipinski definition) is 1. The average Bonchev–Trinajstić information content (AvgIpc) is 2.85. The second-order valence-corrected chi connectivity index (χ2v) is 7.89. The van der Waals surface area contributed by atoms with E-state index in [0.29, 0.717) is 5.11 Å². The largest absolute Gasteiger partial charge is 0.362 e. The van der Waals surface area contributed by atoms with Crippen LogP contribution in [0.5, 0.6) is 0 Å². The summed E-state index contributed by atoms with van der Waals surface area (Å²) in [7, 11) is 0. The lowest BCUT2D eigenvalue weighted by atomic mass is 9.91. The minimum absolute atomic E-state index is 0.00528. The van der Waals surface area contributed by atoms with Gasteiger partial charge in [-0.05, 0) is 34.5 Å². The molecule has 154 valence electrons. The Balaban J connectivity index is 1.50. The summed E-state index contributed by atoms with van der Waals surface area (Å²) in [6, 6.07) is 42.0. The Bertz CT molecular complexity index is 988. The summed E-state index contributed by atoms with van der Waals surface area (Å²) < 4.78 is 0. The van der Waals surface area contributed by atoms with Gasteiger partial charge in [-0.25, -0.2) is 0 Å². The number of thiocarbonyl (C=S) groups is 1. The zero-order valence-corrected chi connectivity index (χ0v) is 18.1. The standard InChI is InChI=1S/C28H26N2S/c31-28(30-27(24-17-9-3-10-18-24)25-19-11-4-12-20-25)29-21-26(22-13-5-1-6-14-22)23-15-7-2-8-16-23/h1-20,26-27H,21H2,(H2,29,30,31). The highest BCUT2D eigenvalue weighted by atomic mass is 32.1. The van der Waals surface area contributed by atoms with Crippen molar-refractivity contribution < 1.29 is 0 Å². The Morgan fingerprint density at radius 2 is 0.903 bits per heavy atom. The highest BCUT2D eigenvalue weighted by Crippen LogP contribution is 2.24. The van der Waals surface area contributed by atoms with Gasteiger partial charge >= 0.3 is 0 Å². The number of nitrogens with one attached hydrogen (secondary N) is 2. The predicted molar refractivity (Wildman–Crippen MR) is 133 cm³/mol. The van der Waals surface area contributed by atoms with Crippen LogP contribution in [0.3, 0.4) is 0 Å². The van der Waals surface area contributed by atoms with Crippen molar-refractivity contribution >= 4 is 17.3 Å². The van der Waals surface area contributed by atoms with Gasteiger partial charge in [0.2, 0.25) is 0 Å². The van der Waals surface area contributed by atoms with Crippen LogP contribution < -0.4 is 10.6 Å². The molecule has 31 heavy (non-hydrogen) atoms. The summed E-state index contributed by atoms with van der Waals surface area (Å²) >= 11 is 5.73. The van der Waals surface area contributed by atoms with Crippen molar-refractivity contribution in [3.8, 4) is 0 Å². The first-order chi connectivity index (χ1) is 15.3. The summed E-state index contributed by atoms with van der Waals surface area (Å²) in [4.78, 5) is 0. The molecule has 0 fully saturated rings. The number of hydrogen-bond donors (Lipinski definition) is 2. The lowest BCUT2D eigenvalue weighted by Crippen LogP contribution is -2.40. The fourth-order valence-electron chi connectivity index (χ4n) is 3.83. The zero-order chi connectivity index (χ0) is 21.3. The second-order valence-electron chi connectivity index (χ2n) is 7.48. The third-order valence-corrected chi connectivity index (χ3v) is 5.67. The second kappa shape index (κ2) is 10.6. The van der Waals surface area contributed by atoms with E-state index in [1.54, 1.807) is 0 Å². The van der Waals surface area contributed by atoms with Crippen molar-refractivity contribution in [3.63, 3.8) is 0 Å². The van der Waals surface area contributed by atoms with E-state index in [4.69, 9.17) is 12.2 Å². The van der Waals surface area contributed by atoms with Gasteiger partial charge in [0.15, 0.2) is 5.11 Å². The lowest BCUT2D eigenvalue weighted by molar-refractivity contribution is 0.706. The van der Waals surface area contributed by atoms with E-state index in [1.165, 1.54) is 22.3 Å². The monoisotopic (exact) mass is 422 g/mol.